The minimum absolute atomic E-state index is 0. The number of rotatable bonds is 6. The molecule has 5 nitrogen and oxygen atoms in total. The first-order valence-corrected chi connectivity index (χ1v) is 7.47. The Morgan fingerprint density at radius 3 is 2.43 bits per heavy atom. The van der Waals surface area contributed by atoms with Gasteiger partial charge in [0.2, 0.25) is 5.91 Å². The second kappa shape index (κ2) is 10.6. The predicted octanol–water partition coefficient (Wildman–Crippen LogP) is 1.06. The second-order valence-corrected chi connectivity index (χ2v) is 5.77. The molecule has 0 aliphatic carbocycles. The van der Waals surface area contributed by atoms with Crippen molar-refractivity contribution in [1.29, 1.82) is 0 Å². The molecule has 0 bridgehead atoms. The molecule has 0 atom stereocenters. The molecule has 0 spiro atoms. The summed E-state index contributed by atoms with van der Waals surface area (Å²) in [5, 5.41) is 6.43. The van der Waals surface area contributed by atoms with Gasteiger partial charge in [-0.15, -0.1) is 24.8 Å². The van der Waals surface area contributed by atoms with Gasteiger partial charge in [0.1, 0.15) is 0 Å². The summed E-state index contributed by atoms with van der Waals surface area (Å²) < 4.78 is 5.29. The molecule has 126 valence electrons. The Hall–Kier alpha value is -0.0700. The normalized spacial score (nSPS) is 21.2. The summed E-state index contributed by atoms with van der Waals surface area (Å²) in [5.41, 5.74) is -0.314. The van der Waals surface area contributed by atoms with Crippen molar-refractivity contribution in [3.63, 3.8) is 0 Å². The van der Waals surface area contributed by atoms with Gasteiger partial charge in [-0.3, -0.25) is 4.79 Å². The van der Waals surface area contributed by atoms with E-state index in [9.17, 15) is 4.79 Å². The van der Waals surface area contributed by atoms with Crippen LogP contribution in [0.2, 0.25) is 0 Å². The van der Waals surface area contributed by atoms with Crippen LogP contribution in [0.1, 0.15) is 25.7 Å². The van der Waals surface area contributed by atoms with Crippen molar-refractivity contribution >= 4 is 30.7 Å². The summed E-state index contributed by atoms with van der Waals surface area (Å²) in [7, 11) is 1.68. The highest BCUT2D eigenvalue weighted by atomic mass is 35.5. The first kappa shape index (κ1) is 20.9. The Balaban J connectivity index is 0.00000200. The number of nitrogens with one attached hydrogen (secondary N) is 2. The lowest BCUT2D eigenvalue weighted by Crippen LogP contribution is -2.51. The molecule has 2 heterocycles. The van der Waals surface area contributed by atoms with Crippen molar-refractivity contribution in [2.75, 3.05) is 53.0 Å². The van der Waals surface area contributed by atoms with Gasteiger partial charge in [-0.05, 0) is 51.9 Å². The molecule has 2 saturated heterocycles. The predicted molar refractivity (Wildman–Crippen MR) is 89.6 cm³/mol. The van der Waals surface area contributed by atoms with Crippen molar-refractivity contribution in [1.82, 2.24) is 15.5 Å². The highest BCUT2D eigenvalue weighted by Crippen LogP contribution is 2.29. The number of carbonyl (C=O) groups is 1. The lowest BCUT2D eigenvalue weighted by atomic mass is 9.78. The number of carbonyl (C=O) groups excluding carboxylic acids is 1. The topological polar surface area (TPSA) is 53.6 Å². The molecule has 0 unspecified atom stereocenters. The Morgan fingerprint density at radius 2 is 1.86 bits per heavy atom. The average molecular weight is 342 g/mol. The zero-order chi connectivity index (χ0) is 13.6. The molecule has 7 heteroatoms. The van der Waals surface area contributed by atoms with Crippen molar-refractivity contribution < 1.29 is 9.53 Å². The quantitative estimate of drug-likeness (QED) is 0.758. The molecular formula is C14H29Cl2N3O2. The van der Waals surface area contributed by atoms with Crippen molar-refractivity contribution in [3.05, 3.63) is 0 Å². The van der Waals surface area contributed by atoms with Gasteiger partial charge in [-0.1, -0.05) is 0 Å². The number of piperidine rings is 1. The average Bonchev–Trinajstić information content (AvgIpc) is 2.93. The van der Waals surface area contributed by atoms with E-state index in [0.29, 0.717) is 6.61 Å². The van der Waals surface area contributed by atoms with Crippen LogP contribution in [0.3, 0.4) is 0 Å². The van der Waals surface area contributed by atoms with E-state index in [1.54, 1.807) is 7.11 Å². The third-order valence-corrected chi connectivity index (χ3v) is 4.38. The molecule has 0 radical (unpaired) electrons. The summed E-state index contributed by atoms with van der Waals surface area (Å²) in [6.07, 6.45) is 4.34. The van der Waals surface area contributed by atoms with Gasteiger partial charge in [-0.2, -0.15) is 0 Å². The maximum Gasteiger partial charge on any atom is 0.228 e. The molecule has 0 saturated carbocycles. The summed E-state index contributed by atoms with van der Waals surface area (Å²) in [6.45, 7) is 6.45. The molecular weight excluding hydrogens is 313 g/mol. The molecule has 0 aromatic heterocycles. The van der Waals surface area contributed by atoms with Crippen LogP contribution < -0.4 is 10.6 Å². The molecule has 1 amide bonds. The van der Waals surface area contributed by atoms with Crippen molar-refractivity contribution in [3.8, 4) is 0 Å². The van der Waals surface area contributed by atoms with Gasteiger partial charge in [0.25, 0.3) is 0 Å². The van der Waals surface area contributed by atoms with Gasteiger partial charge >= 0.3 is 0 Å². The van der Waals surface area contributed by atoms with E-state index in [-0.39, 0.29) is 36.1 Å². The number of methoxy groups -OCH3 is 1. The van der Waals surface area contributed by atoms with Gasteiger partial charge in [0.15, 0.2) is 0 Å². The third-order valence-electron chi connectivity index (χ3n) is 4.38. The fourth-order valence-electron chi connectivity index (χ4n) is 3.14. The summed E-state index contributed by atoms with van der Waals surface area (Å²) in [6, 6.07) is 0. The van der Waals surface area contributed by atoms with E-state index in [0.717, 1.165) is 39.0 Å². The summed E-state index contributed by atoms with van der Waals surface area (Å²) in [4.78, 5) is 14.9. The lowest BCUT2D eigenvalue weighted by Gasteiger charge is -2.35. The Labute approximate surface area is 140 Å². The van der Waals surface area contributed by atoms with Crippen LogP contribution in [-0.2, 0) is 9.53 Å². The highest BCUT2D eigenvalue weighted by Gasteiger charge is 2.39. The van der Waals surface area contributed by atoms with E-state index in [1.807, 2.05) is 0 Å². The minimum Gasteiger partial charge on any atom is -0.384 e. The lowest BCUT2D eigenvalue weighted by molar-refractivity contribution is -0.136. The fraction of sp³-hybridized carbons (Fsp3) is 0.929. The fourth-order valence-corrected chi connectivity index (χ4v) is 3.14. The van der Waals surface area contributed by atoms with Gasteiger partial charge in [-0.25, -0.2) is 0 Å². The van der Waals surface area contributed by atoms with Crippen LogP contribution in [-0.4, -0.2) is 63.8 Å². The molecule has 21 heavy (non-hydrogen) atoms. The van der Waals surface area contributed by atoms with E-state index in [1.165, 1.54) is 25.9 Å². The Kier molecular flexibility index (Phi) is 10.6. The third kappa shape index (κ3) is 5.91. The van der Waals surface area contributed by atoms with Crippen molar-refractivity contribution in [2.45, 2.75) is 25.7 Å². The first-order chi connectivity index (χ1) is 9.27. The smallest absolute Gasteiger partial charge is 0.228 e. The van der Waals surface area contributed by atoms with Crippen LogP contribution in [0.15, 0.2) is 0 Å². The van der Waals surface area contributed by atoms with Gasteiger partial charge in [0.05, 0.1) is 12.0 Å². The number of amides is 1. The van der Waals surface area contributed by atoms with Crippen LogP contribution >= 0.6 is 24.8 Å². The van der Waals surface area contributed by atoms with Gasteiger partial charge < -0.3 is 20.3 Å². The van der Waals surface area contributed by atoms with E-state index in [2.05, 4.69) is 15.5 Å². The molecule has 2 N–H and O–H groups in total. The summed E-state index contributed by atoms with van der Waals surface area (Å²) in [5.74, 6) is 0.176. The summed E-state index contributed by atoms with van der Waals surface area (Å²) >= 11 is 0. The minimum atomic E-state index is -0.314. The molecule has 2 fully saturated rings. The SMILES string of the molecule is COCC1(C(=O)NCCN2CCCC2)CCNCC1.Cl.Cl. The molecule has 0 aromatic carbocycles. The molecule has 2 aliphatic rings. The zero-order valence-electron chi connectivity index (χ0n) is 12.9. The monoisotopic (exact) mass is 341 g/mol. The van der Waals surface area contributed by atoms with Gasteiger partial charge in [0, 0.05) is 20.2 Å². The molecule has 2 aliphatic heterocycles. The Bertz CT molecular complexity index is 288. The number of halogens is 2. The van der Waals surface area contributed by atoms with Crippen molar-refractivity contribution in [2.24, 2.45) is 5.41 Å². The molecule has 0 aromatic rings. The number of hydrogen-bond acceptors (Lipinski definition) is 4. The maximum atomic E-state index is 12.4. The maximum absolute atomic E-state index is 12.4. The number of likely N-dealkylation sites (tertiary alicyclic amines) is 1. The standard InChI is InChI=1S/C14H27N3O2.2ClH/c1-19-12-14(4-6-15-7-5-14)13(18)16-8-11-17-9-2-3-10-17;;/h15H,2-12H2,1H3,(H,16,18);2*1H. The van der Waals surface area contributed by atoms with E-state index < -0.39 is 0 Å². The van der Waals surface area contributed by atoms with Crippen LogP contribution in [0.4, 0.5) is 0 Å². The number of nitrogens with zero attached hydrogens (tertiary/aromatic N) is 1. The number of hydrogen-bond donors (Lipinski definition) is 2. The van der Waals surface area contributed by atoms with Crippen LogP contribution in [0, 0.1) is 5.41 Å². The molecule has 2 rings (SSSR count). The van der Waals surface area contributed by atoms with E-state index in [4.69, 9.17) is 4.74 Å². The second-order valence-electron chi connectivity index (χ2n) is 5.77. The zero-order valence-corrected chi connectivity index (χ0v) is 14.5. The largest absolute Gasteiger partial charge is 0.384 e. The number of ether oxygens (including phenoxy) is 1. The van der Waals surface area contributed by atoms with Crippen LogP contribution in [0.5, 0.6) is 0 Å². The Morgan fingerprint density at radius 1 is 1.24 bits per heavy atom. The highest BCUT2D eigenvalue weighted by molar-refractivity contribution is 5.85. The van der Waals surface area contributed by atoms with E-state index >= 15 is 0 Å². The van der Waals surface area contributed by atoms with Crippen LogP contribution in [0.25, 0.3) is 0 Å². The first-order valence-electron chi connectivity index (χ1n) is 7.47.